The SMILES string of the molecule is COCC1CCN(Cc2ccccc2O)CC1. The van der Waals surface area contributed by atoms with E-state index in [4.69, 9.17) is 4.74 Å². The van der Waals surface area contributed by atoms with Gasteiger partial charge in [0.2, 0.25) is 0 Å². The van der Waals surface area contributed by atoms with Crippen LogP contribution in [0.1, 0.15) is 18.4 Å². The zero-order valence-corrected chi connectivity index (χ0v) is 10.4. The molecule has 0 atom stereocenters. The number of nitrogens with zero attached hydrogens (tertiary/aromatic N) is 1. The lowest BCUT2D eigenvalue weighted by Gasteiger charge is -2.31. The maximum absolute atomic E-state index is 9.73. The fraction of sp³-hybridized carbons (Fsp3) is 0.571. The topological polar surface area (TPSA) is 32.7 Å². The van der Waals surface area contributed by atoms with Crippen LogP contribution in [-0.4, -0.2) is 36.8 Å². The number of phenolic OH excluding ortho intramolecular Hbond substituents is 1. The van der Waals surface area contributed by atoms with Crippen LogP contribution >= 0.6 is 0 Å². The molecule has 1 saturated heterocycles. The largest absolute Gasteiger partial charge is 0.508 e. The van der Waals surface area contributed by atoms with Crippen LogP contribution in [-0.2, 0) is 11.3 Å². The third-order valence-corrected chi connectivity index (χ3v) is 3.50. The van der Waals surface area contributed by atoms with Crippen LogP contribution < -0.4 is 0 Å². The molecule has 0 amide bonds. The Morgan fingerprint density at radius 1 is 1.29 bits per heavy atom. The molecule has 0 radical (unpaired) electrons. The molecule has 1 heterocycles. The van der Waals surface area contributed by atoms with Crippen LogP contribution in [0.3, 0.4) is 0 Å². The van der Waals surface area contributed by atoms with E-state index < -0.39 is 0 Å². The summed E-state index contributed by atoms with van der Waals surface area (Å²) >= 11 is 0. The highest BCUT2D eigenvalue weighted by Crippen LogP contribution is 2.22. The van der Waals surface area contributed by atoms with Gasteiger partial charge in [-0.05, 0) is 37.9 Å². The van der Waals surface area contributed by atoms with Gasteiger partial charge < -0.3 is 9.84 Å². The molecule has 0 bridgehead atoms. The summed E-state index contributed by atoms with van der Waals surface area (Å²) in [5.74, 6) is 1.12. The molecule has 3 heteroatoms. The van der Waals surface area contributed by atoms with Crippen LogP contribution in [0, 0.1) is 5.92 Å². The van der Waals surface area contributed by atoms with Crippen molar-refractivity contribution in [1.82, 2.24) is 4.90 Å². The van der Waals surface area contributed by atoms with Crippen LogP contribution in [0.4, 0.5) is 0 Å². The minimum atomic E-state index is 0.409. The molecule has 2 rings (SSSR count). The Morgan fingerprint density at radius 2 is 2.00 bits per heavy atom. The zero-order valence-electron chi connectivity index (χ0n) is 10.4. The predicted octanol–water partition coefficient (Wildman–Crippen LogP) is 2.25. The van der Waals surface area contributed by atoms with Crippen molar-refractivity contribution >= 4 is 0 Å². The summed E-state index contributed by atoms with van der Waals surface area (Å²) in [7, 11) is 1.77. The molecule has 0 saturated carbocycles. The van der Waals surface area contributed by atoms with E-state index in [0.29, 0.717) is 11.7 Å². The van der Waals surface area contributed by atoms with E-state index in [2.05, 4.69) is 4.90 Å². The number of likely N-dealkylation sites (tertiary alicyclic amines) is 1. The van der Waals surface area contributed by atoms with Crippen LogP contribution in [0.2, 0.25) is 0 Å². The predicted molar refractivity (Wildman–Crippen MR) is 68.0 cm³/mol. The number of aromatic hydroxyl groups is 1. The molecule has 3 nitrogen and oxygen atoms in total. The van der Waals surface area contributed by atoms with E-state index >= 15 is 0 Å². The first-order chi connectivity index (χ1) is 8.29. The third-order valence-electron chi connectivity index (χ3n) is 3.50. The maximum Gasteiger partial charge on any atom is 0.120 e. The molecule has 1 aliphatic heterocycles. The normalized spacial score (nSPS) is 18.4. The molecule has 1 N–H and O–H groups in total. The summed E-state index contributed by atoms with van der Waals surface area (Å²) < 4.78 is 5.20. The number of ether oxygens (including phenoxy) is 1. The number of hydrogen-bond donors (Lipinski definition) is 1. The highest BCUT2D eigenvalue weighted by atomic mass is 16.5. The molecule has 1 aromatic rings. The summed E-state index contributed by atoms with van der Waals surface area (Å²) in [5.41, 5.74) is 1.03. The minimum absolute atomic E-state index is 0.409. The first-order valence-corrected chi connectivity index (χ1v) is 6.27. The van der Waals surface area contributed by atoms with Gasteiger partial charge in [0.15, 0.2) is 0 Å². The molecule has 0 spiro atoms. The number of para-hydroxylation sites is 1. The maximum atomic E-state index is 9.73. The highest BCUT2D eigenvalue weighted by Gasteiger charge is 2.19. The average molecular weight is 235 g/mol. The molecule has 1 aromatic carbocycles. The van der Waals surface area contributed by atoms with E-state index in [1.165, 1.54) is 12.8 Å². The summed E-state index contributed by atoms with van der Waals surface area (Å²) in [6.45, 7) is 3.93. The van der Waals surface area contributed by atoms with Crippen LogP contribution in [0.15, 0.2) is 24.3 Å². The van der Waals surface area contributed by atoms with E-state index in [1.54, 1.807) is 13.2 Å². The highest BCUT2D eigenvalue weighted by molar-refractivity contribution is 5.31. The first kappa shape index (κ1) is 12.4. The molecular weight excluding hydrogens is 214 g/mol. The van der Waals surface area contributed by atoms with Gasteiger partial charge in [0.05, 0.1) is 0 Å². The Balaban J connectivity index is 1.84. The second kappa shape index (κ2) is 6.03. The molecule has 17 heavy (non-hydrogen) atoms. The monoisotopic (exact) mass is 235 g/mol. The smallest absolute Gasteiger partial charge is 0.120 e. The van der Waals surface area contributed by atoms with Crippen molar-refractivity contribution in [2.24, 2.45) is 5.92 Å². The summed E-state index contributed by atoms with van der Waals surface area (Å²) in [6.07, 6.45) is 2.39. The minimum Gasteiger partial charge on any atom is -0.508 e. The van der Waals surface area contributed by atoms with Gasteiger partial charge in [0.25, 0.3) is 0 Å². The van der Waals surface area contributed by atoms with Gasteiger partial charge in [-0.3, -0.25) is 4.90 Å². The molecule has 1 aliphatic rings. The fourth-order valence-electron chi connectivity index (χ4n) is 2.43. The Morgan fingerprint density at radius 3 is 2.65 bits per heavy atom. The Labute approximate surface area is 103 Å². The molecule has 94 valence electrons. The number of rotatable bonds is 4. The molecule has 0 aromatic heterocycles. The fourth-order valence-corrected chi connectivity index (χ4v) is 2.43. The first-order valence-electron chi connectivity index (χ1n) is 6.27. The van der Waals surface area contributed by atoms with E-state index in [1.807, 2.05) is 18.2 Å². The second-order valence-electron chi connectivity index (χ2n) is 4.80. The molecule has 1 fully saturated rings. The summed E-state index contributed by atoms with van der Waals surface area (Å²) in [6, 6.07) is 7.60. The van der Waals surface area contributed by atoms with Crippen LogP contribution in [0.25, 0.3) is 0 Å². The lowest BCUT2D eigenvalue weighted by Crippen LogP contribution is -2.34. The van der Waals surface area contributed by atoms with Crippen molar-refractivity contribution in [2.45, 2.75) is 19.4 Å². The van der Waals surface area contributed by atoms with Gasteiger partial charge in [0, 0.05) is 25.8 Å². The van der Waals surface area contributed by atoms with Crippen molar-refractivity contribution in [2.75, 3.05) is 26.8 Å². The van der Waals surface area contributed by atoms with Gasteiger partial charge in [-0.15, -0.1) is 0 Å². The Bertz CT molecular complexity index is 346. The van der Waals surface area contributed by atoms with Gasteiger partial charge in [-0.2, -0.15) is 0 Å². The van der Waals surface area contributed by atoms with Crippen molar-refractivity contribution in [3.8, 4) is 5.75 Å². The summed E-state index contributed by atoms with van der Waals surface area (Å²) in [4.78, 5) is 2.40. The average Bonchev–Trinajstić information content (AvgIpc) is 2.35. The van der Waals surface area contributed by atoms with Crippen molar-refractivity contribution < 1.29 is 9.84 Å². The van der Waals surface area contributed by atoms with Gasteiger partial charge in [-0.1, -0.05) is 18.2 Å². The number of benzene rings is 1. The van der Waals surface area contributed by atoms with Gasteiger partial charge in [0.1, 0.15) is 5.75 Å². The third kappa shape index (κ3) is 3.45. The van der Waals surface area contributed by atoms with E-state index in [0.717, 1.165) is 31.8 Å². The van der Waals surface area contributed by atoms with Crippen molar-refractivity contribution in [3.05, 3.63) is 29.8 Å². The quantitative estimate of drug-likeness (QED) is 0.869. The number of hydrogen-bond acceptors (Lipinski definition) is 3. The standard InChI is InChI=1S/C14H21NO2/c1-17-11-12-6-8-15(9-7-12)10-13-4-2-3-5-14(13)16/h2-5,12,16H,6-11H2,1H3. The number of phenols is 1. The second-order valence-corrected chi connectivity index (χ2v) is 4.80. The van der Waals surface area contributed by atoms with Gasteiger partial charge >= 0.3 is 0 Å². The van der Waals surface area contributed by atoms with E-state index in [9.17, 15) is 5.11 Å². The van der Waals surface area contributed by atoms with E-state index in [-0.39, 0.29) is 0 Å². The Hall–Kier alpha value is -1.06. The lowest BCUT2D eigenvalue weighted by atomic mass is 9.97. The Kier molecular flexibility index (Phi) is 4.40. The van der Waals surface area contributed by atoms with Crippen molar-refractivity contribution in [3.63, 3.8) is 0 Å². The molecular formula is C14H21NO2. The molecule has 0 unspecified atom stereocenters. The zero-order chi connectivity index (χ0) is 12.1. The summed E-state index contributed by atoms with van der Waals surface area (Å²) in [5, 5.41) is 9.73. The van der Waals surface area contributed by atoms with Crippen LogP contribution in [0.5, 0.6) is 5.75 Å². The lowest BCUT2D eigenvalue weighted by molar-refractivity contribution is 0.0965. The van der Waals surface area contributed by atoms with Gasteiger partial charge in [-0.25, -0.2) is 0 Å². The number of piperidine rings is 1. The molecule has 0 aliphatic carbocycles. The van der Waals surface area contributed by atoms with Crippen molar-refractivity contribution in [1.29, 1.82) is 0 Å². The number of methoxy groups -OCH3 is 1.